The zero-order valence-electron chi connectivity index (χ0n) is 22.8. The fraction of sp³-hybridized carbons (Fsp3) is 0.226. The molecule has 5 rings (SSSR count). The summed E-state index contributed by atoms with van der Waals surface area (Å²) in [6, 6.07) is 22.8. The normalized spacial score (nSPS) is 12.0. The van der Waals surface area contributed by atoms with Crippen LogP contribution in [0.2, 0.25) is 0 Å². The molecule has 0 radical (unpaired) electrons. The van der Waals surface area contributed by atoms with E-state index >= 15 is 0 Å². The molecule has 5 aromatic rings. The molecule has 0 fully saturated rings. The highest BCUT2D eigenvalue weighted by Gasteiger charge is 2.24. The Balaban J connectivity index is 1.45. The van der Waals surface area contributed by atoms with Crippen molar-refractivity contribution in [3.63, 3.8) is 0 Å². The van der Waals surface area contributed by atoms with Gasteiger partial charge in [0.05, 0.1) is 11.9 Å². The molecule has 204 valence electrons. The van der Waals surface area contributed by atoms with Crippen molar-refractivity contribution in [1.82, 2.24) is 19.7 Å². The summed E-state index contributed by atoms with van der Waals surface area (Å²) >= 11 is 1.35. The van der Waals surface area contributed by atoms with Gasteiger partial charge in [-0.05, 0) is 68.4 Å². The Morgan fingerprint density at radius 2 is 1.70 bits per heavy atom. The maximum Gasteiger partial charge on any atom is 0.226 e. The average molecular weight is 554 g/mol. The van der Waals surface area contributed by atoms with E-state index in [1.165, 1.54) is 11.8 Å². The van der Waals surface area contributed by atoms with E-state index in [9.17, 15) is 9.59 Å². The molecule has 1 atom stereocenters. The van der Waals surface area contributed by atoms with Gasteiger partial charge in [0, 0.05) is 45.5 Å². The Bertz CT molecular complexity index is 1640. The minimum absolute atomic E-state index is 0.0402. The van der Waals surface area contributed by atoms with Crippen LogP contribution in [-0.2, 0) is 4.79 Å². The summed E-state index contributed by atoms with van der Waals surface area (Å²) in [5, 5.41) is 13.2. The van der Waals surface area contributed by atoms with Gasteiger partial charge in [-0.25, -0.2) is 0 Å². The molecule has 40 heavy (non-hydrogen) atoms. The first-order valence-corrected chi connectivity index (χ1v) is 14.1. The third kappa shape index (κ3) is 5.65. The molecule has 0 saturated carbocycles. The van der Waals surface area contributed by atoms with Crippen molar-refractivity contribution in [3.05, 3.63) is 84.6 Å². The summed E-state index contributed by atoms with van der Waals surface area (Å²) in [7, 11) is 0. The van der Waals surface area contributed by atoms with Crippen LogP contribution in [0, 0.1) is 5.92 Å². The molecule has 0 aliphatic carbocycles. The van der Waals surface area contributed by atoms with Crippen LogP contribution in [-0.4, -0.2) is 43.3 Å². The summed E-state index contributed by atoms with van der Waals surface area (Å²) in [6.07, 6.45) is 1.93. The number of nitrogens with one attached hydrogen (secondary N) is 2. The lowest BCUT2D eigenvalue weighted by molar-refractivity contribution is -0.118. The number of H-pyrrole nitrogens is 1. The molecule has 0 bridgehead atoms. The monoisotopic (exact) mass is 553 g/mol. The molecule has 0 aliphatic rings. The quantitative estimate of drug-likeness (QED) is 0.146. The van der Waals surface area contributed by atoms with Crippen LogP contribution in [0.3, 0.4) is 0 Å². The number of ether oxygens (including phenoxy) is 1. The van der Waals surface area contributed by atoms with Gasteiger partial charge in [0.2, 0.25) is 5.91 Å². The maximum atomic E-state index is 13.4. The van der Waals surface area contributed by atoms with Crippen LogP contribution in [0.5, 0.6) is 5.75 Å². The van der Waals surface area contributed by atoms with Gasteiger partial charge in [-0.3, -0.25) is 14.2 Å². The number of amides is 1. The van der Waals surface area contributed by atoms with Gasteiger partial charge in [0.25, 0.3) is 0 Å². The molecule has 2 aromatic heterocycles. The third-order valence-corrected chi connectivity index (χ3v) is 7.52. The molecule has 0 aliphatic heterocycles. The molecule has 0 unspecified atom stereocenters. The van der Waals surface area contributed by atoms with E-state index in [0.29, 0.717) is 28.8 Å². The number of rotatable bonds is 10. The fourth-order valence-corrected chi connectivity index (χ4v) is 5.26. The second-order valence-electron chi connectivity index (χ2n) is 9.66. The number of para-hydroxylation sites is 1. The summed E-state index contributed by atoms with van der Waals surface area (Å²) in [6.45, 7) is 8.07. The van der Waals surface area contributed by atoms with Gasteiger partial charge in [-0.2, -0.15) is 0 Å². The Kier molecular flexibility index (Phi) is 8.02. The number of nitrogens with zero attached hydrogens (tertiary/aromatic N) is 3. The van der Waals surface area contributed by atoms with Crippen LogP contribution in [0.25, 0.3) is 28.0 Å². The number of aromatic nitrogens is 4. The lowest BCUT2D eigenvalue weighted by Crippen LogP contribution is -2.18. The number of benzene rings is 3. The Hall–Kier alpha value is -4.37. The van der Waals surface area contributed by atoms with Crippen LogP contribution < -0.4 is 10.1 Å². The van der Waals surface area contributed by atoms with E-state index in [1.54, 1.807) is 24.3 Å². The highest BCUT2D eigenvalue weighted by molar-refractivity contribution is 8.00. The van der Waals surface area contributed by atoms with Crippen molar-refractivity contribution in [1.29, 1.82) is 0 Å². The first-order chi connectivity index (χ1) is 19.4. The van der Waals surface area contributed by atoms with Gasteiger partial charge >= 0.3 is 0 Å². The highest BCUT2D eigenvalue weighted by atomic mass is 32.2. The van der Waals surface area contributed by atoms with E-state index in [0.717, 1.165) is 27.9 Å². The third-order valence-electron chi connectivity index (χ3n) is 6.48. The number of thioether (sulfide) groups is 1. The first kappa shape index (κ1) is 27.2. The second-order valence-corrected chi connectivity index (χ2v) is 11.0. The predicted molar refractivity (Wildman–Crippen MR) is 159 cm³/mol. The van der Waals surface area contributed by atoms with Gasteiger partial charge in [0.1, 0.15) is 5.75 Å². The SMILES string of the molecule is CCOc1ccc(-n2c(S[C@H](C)C(=O)c3ccc(NC(=O)C(C)C)cc3)nnc2-c2c[nH]c3ccccc23)cc1. The van der Waals surface area contributed by atoms with Crippen molar-refractivity contribution in [2.24, 2.45) is 5.92 Å². The molecule has 8 nitrogen and oxygen atoms in total. The Labute approximate surface area is 237 Å². The van der Waals surface area contributed by atoms with Crippen LogP contribution >= 0.6 is 11.8 Å². The van der Waals surface area contributed by atoms with E-state index in [-0.39, 0.29) is 17.6 Å². The van der Waals surface area contributed by atoms with E-state index < -0.39 is 5.25 Å². The maximum absolute atomic E-state index is 13.4. The van der Waals surface area contributed by atoms with Gasteiger partial charge in [-0.1, -0.05) is 43.8 Å². The lowest BCUT2D eigenvalue weighted by atomic mass is 10.1. The molecular weight excluding hydrogens is 522 g/mol. The van der Waals surface area contributed by atoms with Crippen molar-refractivity contribution in [3.8, 4) is 22.8 Å². The molecule has 0 saturated heterocycles. The number of anilines is 1. The standard InChI is InChI=1S/C31H31N5O3S/c1-5-39-24-16-14-23(15-17-24)36-29(26-18-32-27-9-7-6-8-25(26)27)34-35-31(36)40-20(4)28(37)21-10-12-22(13-11-21)33-30(38)19(2)3/h6-20,32H,5H2,1-4H3,(H,33,38)/t20-/m1/s1. The van der Waals surface area contributed by atoms with Gasteiger partial charge in [-0.15, -0.1) is 10.2 Å². The number of Topliss-reactive ketones (excluding diaryl/α,β-unsaturated/α-hetero) is 1. The Morgan fingerprint density at radius 3 is 2.40 bits per heavy atom. The number of hydrogen-bond donors (Lipinski definition) is 2. The van der Waals surface area contributed by atoms with Crippen molar-refractivity contribution < 1.29 is 14.3 Å². The van der Waals surface area contributed by atoms with Crippen molar-refractivity contribution in [2.75, 3.05) is 11.9 Å². The number of fused-ring (bicyclic) bond motifs is 1. The predicted octanol–water partition coefficient (Wildman–Crippen LogP) is 6.77. The highest BCUT2D eigenvalue weighted by Crippen LogP contribution is 2.34. The first-order valence-electron chi connectivity index (χ1n) is 13.2. The van der Waals surface area contributed by atoms with Crippen LogP contribution in [0.15, 0.2) is 84.1 Å². The molecule has 9 heteroatoms. The minimum atomic E-state index is -0.433. The van der Waals surface area contributed by atoms with Crippen LogP contribution in [0.4, 0.5) is 5.69 Å². The zero-order valence-corrected chi connectivity index (χ0v) is 23.7. The smallest absolute Gasteiger partial charge is 0.226 e. The number of carbonyl (C=O) groups excluding carboxylic acids is 2. The van der Waals surface area contributed by atoms with E-state index in [2.05, 4.69) is 20.5 Å². The zero-order chi connectivity index (χ0) is 28.2. The minimum Gasteiger partial charge on any atom is -0.494 e. The fourth-order valence-electron chi connectivity index (χ4n) is 4.32. The van der Waals surface area contributed by atoms with Gasteiger partial charge in [0.15, 0.2) is 16.8 Å². The number of ketones is 1. The summed E-state index contributed by atoms with van der Waals surface area (Å²) < 4.78 is 7.61. The molecule has 2 N–H and O–H groups in total. The average Bonchev–Trinajstić information content (AvgIpc) is 3.57. The summed E-state index contributed by atoms with van der Waals surface area (Å²) in [4.78, 5) is 28.7. The molecular formula is C31H31N5O3S. The van der Waals surface area contributed by atoms with Gasteiger partial charge < -0.3 is 15.0 Å². The molecule has 3 aromatic carbocycles. The number of carbonyl (C=O) groups is 2. The molecule has 2 heterocycles. The molecule has 1 amide bonds. The Morgan fingerprint density at radius 1 is 0.975 bits per heavy atom. The van der Waals surface area contributed by atoms with E-state index in [4.69, 9.17) is 4.74 Å². The van der Waals surface area contributed by atoms with Crippen LogP contribution in [0.1, 0.15) is 38.1 Å². The lowest BCUT2D eigenvalue weighted by Gasteiger charge is -2.14. The topological polar surface area (TPSA) is 102 Å². The van der Waals surface area contributed by atoms with Crippen molar-refractivity contribution in [2.45, 2.75) is 38.1 Å². The van der Waals surface area contributed by atoms with E-state index in [1.807, 2.05) is 87.0 Å². The number of hydrogen-bond acceptors (Lipinski definition) is 6. The largest absolute Gasteiger partial charge is 0.494 e. The molecule has 0 spiro atoms. The number of aromatic amines is 1. The summed E-state index contributed by atoms with van der Waals surface area (Å²) in [5.41, 5.74) is 4.01. The second kappa shape index (κ2) is 11.8. The summed E-state index contributed by atoms with van der Waals surface area (Å²) in [5.74, 6) is 1.22. The van der Waals surface area contributed by atoms with Crippen molar-refractivity contribution >= 4 is 40.0 Å².